The first kappa shape index (κ1) is 25.8. The number of esters is 1. The molecule has 0 aliphatic carbocycles. The molecule has 2 atom stereocenters. The quantitative estimate of drug-likeness (QED) is 0.494. The number of hydrogen-bond donors (Lipinski definition) is 1. The molecule has 186 valence electrons. The second kappa shape index (κ2) is 9.06. The second-order valence-electron chi connectivity index (χ2n) is 8.78. The van der Waals surface area contributed by atoms with Gasteiger partial charge in [-0.05, 0) is 62.7 Å². The van der Waals surface area contributed by atoms with Crippen molar-refractivity contribution >= 4 is 21.7 Å². The zero-order valence-corrected chi connectivity index (χ0v) is 19.4. The summed E-state index contributed by atoms with van der Waals surface area (Å²) < 4.78 is 91.2. The van der Waals surface area contributed by atoms with Gasteiger partial charge in [-0.3, -0.25) is 9.10 Å². The number of rotatable bonds is 5. The van der Waals surface area contributed by atoms with Crippen LogP contribution < -0.4 is 14.8 Å². The Balaban J connectivity index is 2.04. The van der Waals surface area contributed by atoms with Crippen molar-refractivity contribution in [3.05, 3.63) is 53.8 Å². The Morgan fingerprint density at radius 1 is 1.18 bits per heavy atom. The van der Waals surface area contributed by atoms with Crippen LogP contribution in [0.5, 0.6) is 5.75 Å². The highest BCUT2D eigenvalue weighted by Crippen LogP contribution is 2.40. The second-order valence-corrected chi connectivity index (χ2v) is 10.6. The highest BCUT2D eigenvalue weighted by atomic mass is 32.2. The molecule has 0 unspecified atom stereocenters. The summed E-state index contributed by atoms with van der Waals surface area (Å²) >= 11 is 0. The van der Waals surface area contributed by atoms with Crippen LogP contribution in [0.3, 0.4) is 0 Å². The molecule has 3 rings (SSSR count). The predicted octanol–water partition coefficient (Wildman–Crippen LogP) is 3.56. The Bertz CT molecular complexity index is 1160. The number of anilines is 1. The van der Waals surface area contributed by atoms with E-state index in [1.165, 1.54) is 18.2 Å². The number of carbonyl (C=O) groups excluding carboxylic acids is 1. The molecule has 2 aromatic rings. The molecule has 0 saturated heterocycles. The van der Waals surface area contributed by atoms with Gasteiger partial charge in [-0.15, -0.1) is 0 Å². The van der Waals surface area contributed by atoms with Crippen molar-refractivity contribution in [2.24, 2.45) is 5.73 Å². The van der Waals surface area contributed by atoms with Crippen LogP contribution in [0.4, 0.5) is 23.2 Å². The summed E-state index contributed by atoms with van der Waals surface area (Å²) in [6.07, 6.45) is -6.79. The summed E-state index contributed by atoms with van der Waals surface area (Å²) in [4.78, 5) is 11.9. The number of hydrogen-bond acceptors (Lipinski definition) is 6. The molecular formula is C22H24F4N2O5S. The van der Waals surface area contributed by atoms with Crippen LogP contribution in [0.25, 0.3) is 0 Å². The lowest BCUT2D eigenvalue weighted by Crippen LogP contribution is -2.57. The van der Waals surface area contributed by atoms with E-state index in [-0.39, 0.29) is 22.8 Å². The van der Waals surface area contributed by atoms with Crippen LogP contribution in [0.2, 0.25) is 0 Å². The SMILES string of the molecule is CC(C)(C)OC(=O)Cc1ccc2c(c1)N(S(=O)(=O)c1ccc(F)cc1)C[C@H]([C@H](N)C(F)(F)F)O2. The number of alkyl halides is 3. The number of fused-ring (bicyclic) bond motifs is 1. The van der Waals surface area contributed by atoms with Gasteiger partial charge in [-0.2, -0.15) is 13.2 Å². The summed E-state index contributed by atoms with van der Waals surface area (Å²) in [6, 6.07) is 5.41. The molecule has 2 aromatic carbocycles. The summed E-state index contributed by atoms with van der Waals surface area (Å²) in [5.41, 5.74) is 4.86. The van der Waals surface area contributed by atoms with Gasteiger partial charge >= 0.3 is 12.1 Å². The first-order chi connectivity index (χ1) is 15.6. The van der Waals surface area contributed by atoms with E-state index in [1.54, 1.807) is 20.8 Å². The third-order valence-corrected chi connectivity index (χ3v) is 6.66. The highest BCUT2D eigenvalue weighted by Gasteiger charge is 2.47. The number of benzene rings is 2. The monoisotopic (exact) mass is 504 g/mol. The van der Waals surface area contributed by atoms with E-state index in [9.17, 15) is 30.8 Å². The maximum absolute atomic E-state index is 13.3. The van der Waals surface area contributed by atoms with Crippen LogP contribution in [0.15, 0.2) is 47.4 Å². The van der Waals surface area contributed by atoms with Gasteiger partial charge in [0.1, 0.15) is 29.3 Å². The summed E-state index contributed by atoms with van der Waals surface area (Å²) in [6.45, 7) is 4.31. The van der Waals surface area contributed by atoms with Crippen molar-refractivity contribution < 1.29 is 40.2 Å². The Morgan fingerprint density at radius 3 is 2.35 bits per heavy atom. The van der Waals surface area contributed by atoms with Crippen molar-refractivity contribution in [2.75, 3.05) is 10.8 Å². The number of ether oxygens (including phenoxy) is 2. The first-order valence-electron chi connectivity index (χ1n) is 10.2. The van der Waals surface area contributed by atoms with Crippen molar-refractivity contribution in [3.63, 3.8) is 0 Å². The lowest BCUT2D eigenvalue weighted by molar-refractivity contribution is -0.165. The van der Waals surface area contributed by atoms with E-state index in [0.717, 1.165) is 28.6 Å². The molecule has 1 aliphatic rings. The number of carbonyl (C=O) groups is 1. The Hall–Kier alpha value is -2.86. The molecule has 1 heterocycles. The van der Waals surface area contributed by atoms with Gasteiger partial charge < -0.3 is 15.2 Å². The van der Waals surface area contributed by atoms with Crippen molar-refractivity contribution in [2.45, 2.75) is 56.0 Å². The Labute approximate surface area is 194 Å². The minimum atomic E-state index is -4.84. The average Bonchev–Trinajstić information content (AvgIpc) is 2.70. The van der Waals surface area contributed by atoms with E-state index in [0.29, 0.717) is 5.56 Å². The van der Waals surface area contributed by atoms with Crippen LogP contribution in [-0.2, 0) is 26.0 Å². The lowest BCUT2D eigenvalue weighted by atomic mass is 10.1. The number of sulfonamides is 1. The lowest BCUT2D eigenvalue weighted by Gasteiger charge is -2.38. The van der Waals surface area contributed by atoms with Crippen LogP contribution in [0.1, 0.15) is 26.3 Å². The van der Waals surface area contributed by atoms with Crippen molar-refractivity contribution in [3.8, 4) is 5.75 Å². The number of nitrogens with two attached hydrogens (primary N) is 1. The van der Waals surface area contributed by atoms with Gasteiger partial charge in [0.05, 0.1) is 23.5 Å². The molecule has 0 bridgehead atoms. The molecule has 0 radical (unpaired) electrons. The molecule has 0 amide bonds. The smallest absolute Gasteiger partial charge is 0.407 e. The summed E-state index contributed by atoms with van der Waals surface area (Å²) in [5, 5.41) is 0. The van der Waals surface area contributed by atoms with E-state index in [1.807, 2.05) is 0 Å². The summed E-state index contributed by atoms with van der Waals surface area (Å²) in [5.74, 6) is -1.42. The van der Waals surface area contributed by atoms with Crippen LogP contribution in [0, 0.1) is 5.82 Å². The van der Waals surface area contributed by atoms with Gasteiger partial charge in [0.15, 0.2) is 0 Å². The molecule has 2 N–H and O–H groups in total. The maximum Gasteiger partial charge on any atom is 0.407 e. The fraction of sp³-hybridized carbons (Fsp3) is 0.409. The molecule has 34 heavy (non-hydrogen) atoms. The topological polar surface area (TPSA) is 98.9 Å². The summed E-state index contributed by atoms with van der Waals surface area (Å²) in [7, 11) is -4.43. The molecule has 12 heteroatoms. The molecule has 0 fully saturated rings. The van der Waals surface area contributed by atoms with Gasteiger partial charge in [0.2, 0.25) is 0 Å². The van der Waals surface area contributed by atoms with Crippen molar-refractivity contribution in [1.82, 2.24) is 0 Å². The standard InChI is InChI=1S/C22H24F4N2O5S/c1-21(2,3)33-19(29)11-13-4-9-17-16(10-13)28(12-18(32-17)20(27)22(24,25)26)34(30,31)15-7-5-14(23)6-8-15/h4-10,18,20H,11-12,27H2,1-3H3/t18-,20+/m1/s1. The average molecular weight is 505 g/mol. The van der Waals surface area contributed by atoms with E-state index in [4.69, 9.17) is 15.2 Å². The van der Waals surface area contributed by atoms with Crippen molar-refractivity contribution in [1.29, 1.82) is 0 Å². The largest absolute Gasteiger partial charge is 0.484 e. The Morgan fingerprint density at radius 2 is 1.79 bits per heavy atom. The number of halogens is 4. The minimum Gasteiger partial charge on any atom is -0.484 e. The fourth-order valence-corrected chi connectivity index (χ4v) is 4.81. The van der Waals surface area contributed by atoms with Gasteiger partial charge in [-0.1, -0.05) is 6.07 Å². The first-order valence-corrected chi connectivity index (χ1v) is 11.6. The molecule has 0 saturated carbocycles. The molecular weight excluding hydrogens is 480 g/mol. The van der Waals surface area contributed by atoms with Gasteiger partial charge in [-0.25, -0.2) is 12.8 Å². The number of nitrogens with zero attached hydrogens (tertiary/aromatic N) is 1. The third-order valence-electron chi connectivity index (χ3n) is 4.86. The fourth-order valence-electron chi connectivity index (χ4n) is 3.33. The van der Waals surface area contributed by atoms with Crippen LogP contribution >= 0.6 is 0 Å². The van der Waals surface area contributed by atoms with E-state index >= 15 is 0 Å². The highest BCUT2D eigenvalue weighted by molar-refractivity contribution is 7.92. The molecule has 0 aromatic heterocycles. The zero-order chi connectivity index (χ0) is 25.5. The van der Waals surface area contributed by atoms with Crippen LogP contribution in [-0.4, -0.2) is 44.9 Å². The van der Waals surface area contributed by atoms with E-state index in [2.05, 4.69) is 0 Å². The molecule has 0 spiro atoms. The Kier molecular flexibility index (Phi) is 6.87. The van der Waals surface area contributed by atoms with E-state index < -0.39 is 52.3 Å². The predicted molar refractivity (Wildman–Crippen MR) is 115 cm³/mol. The minimum absolute atomic E-state index is 0.0731. The zero-order valence-electron chi connectivity index (χ0n) is 18.6. The van der Waals surface area contributed by atoms with Gasteiger partial charge in [0, 0.05) is 0 Å². The third kappa shape index (κ3) is 5.79. The normalized spacial score (nSPS) is 17.5. The maximum atomic E-state index is 13.3. The van der Waals surface area contributed by atoms with Gasteiger partial charge in [0.25, 0.3) is 10.0 Å². The molecule has 7 nitrogen and oxygen atoms in total. The molecule has 1 aliphatic heterocycles.